The highest BCUT2D eigenvalue weighted by Crippen LogP contribution is 2.31. The number of anilines is 2. The average molecular weight is 623 g/mol. The number of nitrogens with zero attached hydrogens (tertiary/aromatic N) is 5. The number of nitrogens with two attached hydrogens (primary N) is 1. The zero-order chi connectivity index (χ0) is 30.4. The van der Waals surface area contributed by atoms with Crippen molar-refractivity contribution in [3.05, 3.63) is 45.2 Å². The fraction of sp³-hybridized carbons (Fsp3) is 0.586. The minimum absolute atomic E-state index is 0.0116. The molecule has 0 aliphatic carbocycles. The highest BCUT2D eigenvalue weighted by atomic mass is 35.5. The summed E-state index contributed by atoms with van der Waals surface area (Å²) in [5.41, 5.74) is 8.05. The SMILES string of the molecule is CC[C@H]1CN(c2nc(N)c(C(=O)NCCO)nc2Cl)CCN1C1CCN(Cc2ccc(Cl)cc2C(C)C(=O)OC)CC1. The fourth-order valence-corrected chi connectivity index (χ4v) is 6.44. The molecular formula is C29H41Cl2N7O4. The first-order chi connectivity index (χ1) is 20.2. The number of benzene rings is 1. The van der Waals surface area contributed by atoms with Gasteiger partial charge in [-0.2, -0.15) is 0 Å². The minimum Gasteiger partial charge on any atom is -0.469 e. The maximum absolute atomic E-state index is 12.3. The number of hydrogen-bond acceptors (Lipinski definition) is 10. The van der Waals surface area contributed by atoms with Crippen molar-refractivity contribution in [3.63, 3.8) is 0 Å². The number of ether oxygens (including phenoxy) is 1. The van der Waals surface area contributed by atoms with Crippen LogP contribution in [0.2, 0.25) is 10.2 Å². The van der Waals surface area contributed by atoms with E-state index in [4.69, 9.17) is 38.8 Å². The predicted octanol–water partition coefficient (Wildman–Crippen LogP) is 2.93. The van der Waals surface area contributed by atoms with Gasteiger partial charge in [-0.05, 0) is 62.5 Å². The molecule has 1 aromatic carbocycles. The Bertz CT molecular complexity index is 1260. The van der Waals surface area contributed by atoms with Gasteiger partial charge in [0.25, 0.3) is 5.91 Å². The van der Waals surface area contributed by atoms with Crippen molar-refractivity contribution >= 4 is 46.7 Å². The highest BCUT2D eigenvalue weighted by Gasteiger charge is 2.35. The lowest BCUT2D eigenvalue weighted by Crippen LogP contribution is -2.58. The summed E-state index contributed by atoms with van der Waals surface area (Å²) in [6.07, 6.45) is 3.08. The van der Waals surface area contributed by atoms with E-state index in [0.29, 0.717) is 22.9 Å². The summed E-state index contributed by atoms with van der Waals surface area (Å²) in [5.74, 6) is -0.666. The Balaban J connectivity index is 1.37. The van der Waals surface area contributed by atoms with E-state index in [2.05, 4.69) is 36.9 Å². The maximum atomic E-state index is 12.3. The highest BCUT2D eigenvalue weighted by molar-refractivity contribution is 6.32. The second-order valence-electron chi connectivity index (χ2n) is 10.9. The van der Waals surface area contributed by atoms with E-state index in [1.165, 1.54) is 7.11 Å². The Morgan fingerprint density at radius 2 is 1.93 bits per heavy atom. The van der Waals surface area contributed by atoms with Crippen molar-refractivity contribution in [3.8, 4) is 0 Å². The predicted molar refractivity (Wildman–Crippen MR) is 164 cm³/mol. The van der Waals surface area contributed by atoms with E-state index in [1.54, 1.807) is 0 Å². The molecule has 2 aromatic rings. The van der Waals surface area contributed by atoms with E-state index in [0.717, 1.165) is 69.7 Å². The zero-order valence-electron chi connectivity index (χ0n) is 24.5. The number of likely N-dealkylation sites (tertiary alicyclic amines) is 1. The fourth-order valence-electron chi connectivity index (χ4n) is 6.01. The molecule has 2 fully saturated rings. The van der Waals surface area contributed by atoms with Crippen molar-refractivity contribution in [2.75, 3.05) is 63.6 Å². The number of piperazine rings is 1. The first kappa shape index (κ1) is 32.2. The van der Waals surface area contributed by atoms with Crippen LogP contribution in [0.15, 0.2) is 18.2 Å². The first-order valence-electron chi connectivity index (χ1n) is 14.5. The standard InChI is InChI=1S/C29H41Cl2N7O4/c1-4-21-17-37(27-25(31)34-24(26(32)35-27)28(40)33-9-14-39)12-13-38(21)22-7-10-36(11-8-22)16-19-5-6-20(30)15-23(19)18(2)29(41)42-3/h5-6,15,18,21-22,39H,4,7-14,16-17H2,1-3H3,(H2,32,35)(H,33,40)/t18?,21-/m0/s1. The average Bonchev–Trinajstić information content (AvgIpc) is 3.00. The molecule has 0 saturated carbocycles. The number of methoxy groups -OCH3 is 1. The van der Waals surface area contributed by atoms with Crippen LogP contribution < -0.4 is 16.0 Å². The molecule has 11 nitrogen and oxygen atoms in total. The van der Waals surface area contributed by atoms with Gasteiger partial charge < -0.3 is 25.8 Å². The van der Waals surface area contributed by atoms with Crippen LogP contribution in [-0.2, 0) is 16.1 Å². The molecular weight excluding hydrogens is 581 g/mol. The van der Waals surface area contributed by atoms with Crippen molar-refractivity contribution in [1.29, 1.82) is 0 Å². The molecule has 2 aliphatic rings. The Morgan fingerprint density at radius 1 is 1.19 bits per heavy atom. The molecule has 2 atom stereocenters. The molecule has 13 heteroatoms. The van der Waals surface area contributed by atoms with Crippen LogP contribution in [0.4, 0.5) is 11.6 Å². The van der Waals surface area contributed by atoms with Crippen molar-refractivity contribution in [1.82, 2.24) is 25.1 Å². The third-order valence-corrected chi connectivity index (χ3v) is 8.81. The van der Waals surface area contributed by atoms with Gasteiger partial charge in [-0.3, -0.25) is 19.4 Å². The number of hydrogen-bond donors (Lipinski definition) is 3. The third-order valence-electron chi connectivity index (χ3n) is 8.32. The van der Waals surface area contributed by atoms with E-state index in [-0.39, 0.29) is 41.7 Å². The lowest BCUT2D eigenvalue weighted by molar-refractivity contribution is -0.142. The summed E-state index contributed by atoms with van der Waals surface area (Å²) in [6.45, 7) is 8.96. The first-order valence-corrected chi connectivity index (χ1v) is 15.2. The molecule has 0 bridgehead atoms. The summed E-state index contributed by atoms with van der Waals surface area (Å²) >= 11 is 12.8. The number of rotatable bonds is 10. The molecule has 1 unspecified atom stereocenters. The number of halogens is 2. The number of aliphatic hydroxyl groups excluding tert-OH is 1. The van der Waals surface area contributed by atoms with Crippen LogP contribution in [0.1, 0.15) is 60.6 Å². The number of nitrogen functional groups attached to an aromatic ring is 1. The molecule has 1 amide bonds. The number of nitrogens with one attached hydrogen (secondary N) is 1. The van der Waals surface area contributed by atoms with Crippen molar-refractivity contribution < 1.29 is 19.4 Å². The monoisotopic (exact) mass is 621 g/mol. The van der Waals surface area contributed by atoms with Crippen LogP contribution in [0, 0.1) is 0 Å². The van der Waals surface area contributed by atoms with Crippen molar-refractivity contribution in [2.45, 2.75) is 57.7 Å². The topological polar surface area (TPSA) is 137 Å². The summed E-state index contributed by atoms with van der Waals surface area (Å²) < 4.78 is 4.98. The zero-order valence-corrected chi connectivity index (χ0v) is 26.0. The van der Waals surface area contributed by atoms with E-state index in [9.17, 15) is 9.59 Å². The lowest BCUT2D eigenvalue weighted by Gasteiger charge is -2.47. The number of aromatic nitrogens is 2. The molecule has 230 valence electrons. The van der Waals surface area contributed by atoms with Crippen LogP contribution >= 0.6 is 23.2 Å². The molecule has 4 rings (SSSR count). The van der Waals surface area contributed by atoms with Gasteiger partial charge in [0, 0.05) is 49.8 Å². The summed E-state index contributed by atoms with van der Waals surface area (Å²) in [4.78, 5) is 40.4. The summed E-state index contributed by atoms with van der Waals surface area (Å²) in [6, 6.07) is 6.55. The number of carbonyl (C=O) groups is 2. The van der Waals surface area contributed by atoms with E-state index < -0.39 is 5.91 Å². The smallest absolute Gasteiger partial charge is 0.312 e. The molecule has 0 radical (unpaired) electrons. The van der Waals surface area contributed by atoms with E-state index in [1.807, 2.05) is 25.1 Å². The molecule has 3 heterocycles. The summed E-state index contributed by atoms with van der Waals surface area (Å²) in [5, 5.41) is 12.2. The molecule has 2 saturated heterocycles. The van der Waals surface area contributed by atoms with Gasteiger partial charge in [0.15, 0.2) is 22.5 Å². The van der Waals surface area contributed by atoms with Gasteiger partial charge in [0.05, 0.1) is 19.6 Å². The number of aliphatic hydroxyl groups is 1. The van der Waals surface area contributed by atoms with Gasteiger partial charge in [0.2, 0.25) is 0 Å². The van der Waals surface area contributed by atoms with Gasteiger partial charge in [-0.1, -0.05) is 36.2 Å². The van der Waals surface area contributed by atoms with Crippen LogP contribution in [-0.4, -0.2) is 102 Å². The van der Waals surface area contributed by atoms with Crippen LogP contribution in [0.3, 0.4) is 0 Å². The molecule has 1 aromatic heterocycles. The number of amides is 1. The summed E-state index contributed by atoms with van der Waals surface area (Å²) in [7, 11) is 1.41. The maximum Gasteiger partial charge on any atom is 0.312 e. The van der Waals surface area contributed by atoms with Gasteiger partial charge in [-0.15, -0.1) is 0 Å². The Morgan fingerprint density at radius 3 is 2.60 bits per heavy atom. The molecule has 42 heavy (non-hydrogen) atoms. The largest absolute Gasteiger partial charge is 0.469 e. The third kappa shape index (κ3) is 7.44. The Labute approximate surface area is 257 Å². The quantitative estimate of drug-likeness (QED) is 0.339. The van der Waals surface area contributed by atoms with Crippen LogP contribution in [0.5, 0.6) is 0 Å². The van der Waals surface area contributed by atoms with Crippen LogP contribution in [0.25, 0.3) is 0 Å². The molecule has 0 spiro atoms. The van der Waals surface area contributed by atoms with Gasteiger partial charge in [-0.25, -0.2) is 9.97 Å². The van der Waals surface area contributed by atoms with Crippen molar-refractivity contribution in [2.24, 2.45) is 0 Å². The number of carbonyl (C=O) groups excluding carboxylic acids is 2. The normalized spacial score (nSPS) is 19.5. The Kier molecular flexibility index (Phi) is 11.2. The molecule has 2 aliphatic heterocycles. The molecule has 4 N–H and O–H groups in total. The lowest BCUT2D eigenvalue weighted by atomic mass is 9.94. The van der Waals surface area contributed by atoms with Gasteiger partial charge in [0.1, 0.15) is 0 Å². The number of esters is 1. The minimum atomic E-state index is -0.518. The second kappa shape index (κ2) is 14.7. The number of piperidine rings is 1. The van der Waals surface area contributed by atoms with Gasteiger partial charge >= 0.3 is 5.97 Å². The van der Waals surface area contributed by atoms with E-state index >= 15 is 0 Å². The second-order valence-corrected chi connectivity index (χ2v) is 11.7. The Hall–Kier alpha value is -2.70.